The van der Waals surface area contributed by atoms with Gasteiger partial charge >= 0.3 is 0 Å². The molecule has 4 rings (SSSR count). The van der Waals surface area contributed by atoms with Crippen LogP contribution in [-0.4, -0.2) is 35.1 Å². The highest BCUT2D eigenvalue weighted by molar-refractivity contribution is 7.97. The van der Waals surface area contributed by atoms with Gasteiger partial charge in [0.15, 0.2) is 16.4 Å². The van der Waals surface area contributed by atoms with Gasteiger partial charge in [-0.2, -0.15) is 0 Å². The SMILES string of the molecule is COc1cc2c(cc1OC)N(Cc1ccccc1)S(=O)(=O)C(C(=O)NCC1=CCCCC1)=C2C. The monoisotopic (exact) mass is 482 g/mol. The third-order valence-electron chi connectivity index (χ3n) is 6.30. The fourth-order valence-electron chi connectivity index (χ4n) is 4.48. The van der Waals surface area contributed by atoms with Crippen LogP contribution in [0.1, 0.15) is 43.7 Å². The topological polar surface area (TPSA) is 84.9 Å². The maximum absolute atomic E-state index is 13.9. The van der Waals surface area contributed by atoms with Crippen molar-refractivity contribution < 1.29 is 22.7 Å². The normalized spacial score (nSPS) is 17.0. The number of amides is 1. The molecular weight excluding hydrogens is 452 g/mol. The molecule has 1 amide bonds. The van der Waals surface area contributed by atoms with E-state index in [0.717, 1.165) is 36.8 Å². The lowest BCUT2D eigenvalue weighted by Crippen LogP contribution is -2.41. The summed E-state index contributed by atoms with van der Waals surface area (Å²) >= 11 is 0. The molecule has 2 aliphatic rings. The Morgan fingerprint density at radius 2 is 1.76 bits per heavy atom. The summed E-state index contributed by atoms with van der Waals surface area (Å²) < 4.78 is 39.9. The number of ether oxygens (including phenoxy) is 2. The van der Waals surface area contributed by atoms with Crippen molar-refractivity contribution in [1.29, 1.82) is 0 Å². The highest BCUT2D eigenvalue weighted by Crippen LogP contribution is 2.45. The number of anilines is 1. The molecule has 2 aromatic rings. The second kappa shape index (κ2) is 9.93. The Balaban J connectivity index is 1.80. The van der Waals surface area contributed by atoms with Crippen molar-refractivity contribution in [2.75, 3.05) is 25.1 Å². The van der Waals surface area contributed by atoms with E-state index in [0.29, 0.717) is 34.9 Å². The van der Waals surface area contributed by atoms with Crippen LogP contribution in [0.3, 0.4) is 0 Å². The molecule has 0 saturated heterocycles. The first-order valence-corrected chi connectivity index (χ1v) is 12.8. The van der Waals surface area contributed by atoms with Crippen molar-refractivity contribution in [3.63, 3.8) is 0 Å². The van der Waals surface area contributed by atoms with Crippen LogP contribution in [0, 0.1) is 0 Å². The van der Waals surface area contributed by atoms with Gasteiger partial charge in [-0.15, -0.1) is 0 Å². The van der Waals surface area contributed by atoms with Crippen molar-refractivity contribution in [2.45, 2.75) is 39.2 Å². The third kappa shape index (κ3) is 4.55. The van der Waals surface area contributed by atoms with Crippen molar-refractivity contribution >= 4 is 27.2 Å². The number of carbonyl (C=O) groups is 1. The molecule has 0 spiro atoms. The molecule has 0 atom stereocenters. The smallest absolute Gasteiger partial charge is 0.270 e. The van der Waals surface area contributed by atoms with Gasteiger partial charge in [0, 0.05) is 18.2 Å². The molecule has 7 nitrogen and oxygen atoms in total. The number of hydrogen-bond donors (Lipinski definition) is 1. The molecule has 0 saturated carbocycles. The van der Waals surface area contributed by atoms with Crippen molar-refractivity contribution in [1.82, 2.24) is 5.32 Å². The molecular formula is C26H30N2O5S. The minimum absolute atomic E-state index is 0.0842. The summed E-state index contributed by atoms with van der Waals surface area (Å²) in [6, 6.07) is 12.7. The van der Waals surface area contributed by atoms with Crippen molar-refractivity contribution in [3.8, 4) is 11.5 Å². The average molecular weight is 483 g/mol. The summed E-state index contributed by atoms with van der Waals surface area (Å²) in [5, 5.41) is 2.85. The van der Waals surface area contributed by atoms with E-state index in [1.54, 1.807) is 19.1 Å². The number of nitrogens with one attached hydrogen (secondary N) is 1. The van der Waals surface area contributed by atoms with E-state index in [4.69, 9.17) is 9.47 Å². The summed E-state index contributed by atoms with van der Waals surface area (Å²) in [7, 11) is -1.11. The quantitative estimate of drug-likeness (QED) is 0.591. The molecule has 1 N–H and O–H groups in total. The number of allylic oxidation sites excluding steroid dienone is 2. The number of hydrogen-bond acceptors (Lipinski definition) is 5. The molecule has 8 heteroatoms. The zero-order valence-electron chi connectivity index (χ0n) is 19.8. The summed E-state index contributed by atoms with van der Waals surface area (Å²) in [4.78, 5) is 13.1. The summed E-state index contributed by atoms with van der Waals surface area (Å²) in [5.74, 6) is 0.286. The zero-order valence-corrected chi connectivity index (χ0v) is 20.6. The van der Waals surface area contributed by atoms with Gasteiger partial charge < -0.3 is 14.8 Å². The van der Waals surface area contributed by atoms with Crippen LogP contribution in [0.2, 0.25) is 0 Å². The minimum Gasteiger partial charge on any atom is -0.493 e. The van der Waals surface area contributed by atoms with Crippen molar-refractivity contribution in [3.05, 3.63) is 70.1 Å². The number of sulfonamides is 1. The van der Waals surface area contributed by atoms with Crippen LogP contribution in [-0.2, 0) is 21.4 Å². The van der Waals surface area contributed by atoms with Crippen LogP contribution in [0.25, 0.3) is 5.57 Å². The van der Waals surface area contributed by atoms with E-state index in [2.05, 4.69) is 11.4 Å². The van der Waals surface area contributed by atoms with Crippen LogP contribution in [0.4, 0.5) is 5.69 Å². The Kier molecular flexibility index (Phi) is 6.97. The van der Waals surface area contributed by atoms with E-state index in [1.807, 2.05) is 30.3 Å². The maximum Gasteiger partial charge on any atom is 0.270 e. The van der Waals surface area contributed by atoms with E-state index >= 15 is 0 Å². The van der Waals surface area contributed by atoms with Gasteiger partial charge in [-0.05, 0) is 49.8 Å². The second-order valence-corrected chi connectivity index (χ2v) is 10.3. The summed E-state index contributed by atoms with van der Waals surface area (Å²) in [6.07, 6.45) is 6.28. The lowest BCUT2D eigenvalue weighted by molar-refractivity contribution is -0.116. The Hall–Kier alpha value is -3.26. The molecule has 0 aromatic heterocycles. The Morgan fingerprint density at radius 3 is 2.41 bits per heavy atom. The summed E-state index contributed by atoms with van der Waals surface area (Å²) in [6.45, 7) is 2.10. The lowest BCUT2D eigenvalue weighted by Gasteiger charge is -2.33. The number of rotatable bonds is 7. The first-order valence-electron chi connectivity index (χ1n) is 11.4. The fourth-order valence-corrected chi connectivity index (χ4v) is 6.23. The number of nitrogens with zero attached hydrogens (tertiary/aromatic N) is 1. The van der Waals surface area contributed by atoms with Crippen LogP contribution >= 0.6 is 0 Å². The first-order chi connectivity index (χ1) is 16.4. The van der Waals surface area contributed by atoms with Gasteiger partial charge in [0.25, 0.3) is 15.9 Å². The van der Waals surface area contributed by atoms with Crippen LogP contribution in [0.15, 0.2) is 59.0 Å². The van der Waals surface area contributed by atoms with Gasteiger partial charge in [-0.25, -0.2) is 8.42 Å². The molecule has 180 valence electrons. The number of benzene rings is 2. The standard InChI is InChI=1S/C26H30N2O5S/c1-18-21-14-23(32-2)24(33-3)15-22(21)28(17-20-12-8-5-9-13-20)34(30,31)25(18)26(29)27-16-19-10-6-4-7-11-19/h5,8-10,12-15H,4,6-7,11,16-17H2,1-3H3,(H,27,29). The van der Waals surface area contributed by atoms with E-state index in [-0.39, 0.29) is 11.4 Å². The average Bonchev–Trinajstić information content (AvgIpc) is 2.85. The minimum atomic E-state index is -4.14. The largest absolute Gasteiger partial charge is 0.493 e. The van der Waals surface area contributed by atoms with E-state index < -0.39 is 15.9 Å². The Labute approximate surface area is 201 Å². The van der Waals surface area contributed by atoms with E-state index in [9.17, 15) is 13.2 Å². The Morgan fingerprint density at radius 1 is 1.06 bits per heavy atom. The number of carbonyl (C=O) groups excluding carboxylic acids is 1. The fraction of sp³-hybridized carbons (Fsp3) is 0.346. The van der Waals surface area contributed by atoms with Gasteiger partial charge in [0.2, 0.25) is 0 Å². The van der Waals surface area contributed by atoms with Gasteiger partial charge in [-0.3, -0.25) is 9.10 Å². The predicted molar refractivity (Wildman–Crippen MR) is 133 cm³/mol. The number of fused-ring (bicyclic) bond motifs is 1. The van der Waals surface area contributed by atoms with Gasteiger partial charge in [0.05, 0.1) is 26.5 Å². The molecule has 0 radical (unpaired) electrons. The van der Waals surface area contributed by atoms with Crippen LogP contribution < -0.4 is 19.1 Å². The molecule has 0 fully saturated rings. The first kappa shape index (κ1) is 23.9. The molecule has 2 aromatic carbocycles. The predicted octanol–water partition coefficient (Wildman–Crippen LogP) is 4.40. The van der Waals surface area contributed by atoms with Crippen molar-refractivity contribution in [2.24, 2.45) is 0 Å². The highest BCUT2D eigenvalue weighted by atomic mass is 32.2. The second-order valence-electron chi connectivity index (χ2n) is 8.47. The highest BCUT2D eigenvalue weighted by Gasteiger charge is 2.40. The third-order valence-corrected chi connectivity index (χ3v) is 8.21. The Bertz CT molecular complexity index is 1250. The lowest BCUT2D eigenvalue weighted by atomic mass is 9.99. The molecule has 0 unspecified atom stereocenters. The molecule has 34 heavy (non-hydrogen) atoms. The maximum atomic E-state index is 13.9. The van der Waals surface area contributed by atoms with Crippen LogP contribution in [0.5, 0.6) is 11.5 Å². The molecule has 1 heterocycles. The number of methoxy groups -OCH3 is 2. The molecule has 0 bridgehead atoms. The van der Waals surface area contributed by atoms with Gasteiger partial charge in [0.1, 0.15) is 0 Å². The zero-order chi connectivity index (χ0) is 24.3. The molecule has 1 aliphatic heterocycles. The molecule has 1 aliphatic carbocycles. The van der Waals surface area contributed by atoms with Gasteiger partial charge in [-0.1, -0.05) is 42.0 Å². The summed E-state index contributed by atoms with van der Waals surface area (Å²) in [5.41, 5.74) is 3.39. The van der Waals surface area contributed by atoms with E-state index in [1.165, 1.54) is 18.5 Å².